The van der Waals surface area contributed by atoms with Gasteiger partial charge in [0.1, 0.15) is 5.15 Å². The quantitative estimate of drug-likeness (QED) is 0.862. The van der Waals surface area contributed by atoms with Crippen LogP contribution in [0.5, 0.6) is 0 Å². The molecule has 0 fully saturated rings. The third-order valence-electron chi connectivity index (χ3n) is 2.73. The molecule has 0 aromatic carbocycles. The molecule has 1 heterocycles. The van der Waals surface area contributed by atoms with Gasteiger partial charge in [-0.3, -0.25) is 4.68 Å². The van der Waals surface area contributed by atoms with Gasteiger partial charge < -0.3 is 5.11 Å². The van der Waals surface area contributed by atoms with Crippen molar-refractivity contribution in [3.05, 3.63) is 16.4 Å². The zero-order valence-electron chi connectivity index (χ0n) is 9.79. The Labute approximate surface area is 96.1 Å². The van der Waals surface area contributed by atoms with E-state index >= 15 is 0 Å². The summed E-state index contributed by atoms with van der Waals surface area (Å²) < 4.78 is 1.67. The number of nitrogens with zero attached hydrogens (tertiary/aromatic N) is 2. The van der Waals surface area contributed by atoms with Gasteiger partial charge in [-0.1, -0.05) is 25.4 Å². The first-order valence-corrected chi connectivity index (χ1v) is 5.67. The van der Waals surface area contributed by atoms with Gasteiger partial charge >= 0.3 is 0 Å². The molecule has 0 bridgehead atoms. The maximum absolute atomic E-state index is 9.71. The highest BCUT2D eigenvalue weighted by atomic mass is 35.5. The molecule has 1 aromatic rings. The van der Waals surface area contributed by atoms with Crippen molar-refractivity contribution in [1.29, 1.82) is 0 Å². The normalized spacial score (nSPS) is 13.5. The van der Waals surface area contributed by atoms with Crippen LogP contribution in [-0.2, 0) is 13.5 Å². The summed E-state index contributed by atoms with van der Waals surface area (Å²) in [6.45, 7) is 5.98. The summed E-state index contributed by atoms with van der Waals surface area (Å²) in [6.07, 6.45) is 1.27. The lowest BCUT2D eigenvalue weighted by atomic mass is 10.00. The van der Waals surface area contributed by atoms with Crippen molar-refractivity contribution in [2.45, 2.75) is 39.7 Å². The molecule has 0 spiro atoms. The predicted octanol–water partition coefficient (Wildman–Crippen LogP) is 2.33. The van der Waals surface area contributed by atoms with Crippen LogP contribution in [0.4, 0.5) is 0 Å². The monoisotopic (exact) mass is 230 g/mol. The number of halogens is 1. The van der Waals surface area contributed by atoms with E-state index in [9.17, 15) is 5.11 Å². The summed E-state index contributed by atoms with van der Waals surface area (Å²) in [5, 5.41) is 14.6. The van der Waals surface area contributed by atoms with E-state index in [0.29, 0.717) is 11.1 Å². The molecule has 0 saturated heterocycles. The molecule has 3 nitrogen and oxygen atoms in total. The molecule has 15 heavy (non-hydrogen) atoms. The summed E-state index contributed by atoms with van der Waals surface area (Å²) in [5.74, 6) is 0.292. The van der Waals surface area contributed by atoms with E-state index < -0.39 is 0 Å². The molecular weight excluding hydrogens is 212 g/mol. The molecule has 0 aliphatic carbocycles. The van der Waals surface area contributed by atoms with E-state index in [2.05, 4.69) is 5.10 Å². The molecule has 4 heteroatoms. The summed E-state index contributed by atoms with van der Waals surface area (Å²) >= 11 is 6.10. The van der Waals surface area contributed by atoms with E-state index in [0.717, 1.165) is 24.1 Å². The Bertz CT molecular complexity index is 334. The van der Waals surface area contributed by atoms with E-state index in [1.54, 1.807) is 4.68 Å². The van der Waals surface area contributed by atoms with Crippen LogP contribution in [0.2, 0.25) is 5.15 Å². The van der Waals surface area contributed by atoms with Gasteiger partial charge in [0.05, 0.1) is 11.8 Å². The molecule has 0 radical (unpaired) electrons. The Balaban J connectivity index is 2.65. The van der Waals surface area contributed by atoms with Gasteiger partial charge in [-0.2, -0.15) is 5.10 Å². The minimum Gasteiger partial charge on any atom is -0.393 e. The van der Waals surface area contributed by atoms with Crippen molar-refractivity contribution in [3.8, 4) is 0 Å². The van der Waals surface area contributed by atoms with Gasteiger partial charge in [0, 0.05) is 12.6 Å². The predicted molar refractivity (Wildman–Crippen MR) is 62.1 cm³/mol. The SMILES string of the molecule is Cc1nn(C)c(Cl)c1CCC(O)C(C)C. The van der Waals surface area contributed by atoms with Crippen LogP contribution >= 0.6 is 11.6 Å². The third-order valence-corrected chi connectivity index (χ3v) is 3.20. The first kappa shape index (κ1) is 12.5. The van der Waals surface area contributed by atoms with Gasteiger partial charge in [-0.15, -0.1) is 0 Å². The van der Waals surface area contributed by atoms with Crippen molar-refractivity contribution in [2.75, 3.05) is 0 Å². The van der Waals surface area contributed by atoms with Crippen LogP contribution in [0.15, 0.2) is 0 Å². The number of aliphatic hydroxyl groups is 1. The smallest absolute Gasteiger partial charge is 0.130 e. The van der Waals surface area contributed by atoms with Crippen LogP contribution in [-0.4, -0.2) is 21.0 Å². The van der Waals surface area contributed by atoms with Crippen molar-refractivity contribution in [1.82, 2.24) is 9.78 Å². The minimum atomic E-state index is -0.263. The van der Waals surface area contributed by atoms with Gasteiger partial charge in [0.2, 0.25) is 0 Å². The molecule has 86 valence electrons. The number of aromatic nitrogens is 2. The summed E-state index contributed by atoms with van der Waals surface area (Å²) in [6, 6.07) is 0. The topological polar surface area (TPSA) is 38.0 Å². The van der Waals surface area contributed by atoms with Gasteiger partial charge in [-0.05, 0) is 25.7 Å². The maximum atomic E-state index is 9.71. The molecule has 0 saturated carbocycles. The minimum absolute atomic E-state index is 0.263. The second-order valence-electron chi connectivity index (χ2n) is 4.33. The fraction of sp³-hybridized carbons (Fsp3) is 0.727. The van der Waals surface area contributed by atoms with Crippen molar-refractivity contribution in [2.24, 2.45) is 13.0 Å². The largest absolute Gasteiger partial charge is 0.393 e. The van der Waals surface area contributed by atoms with Crippen LogP contribution in [0.25, 0.3) is 0 Å². The van der Waals surface area contributed by atoms with Gasteiger partial charge in [-0.25, -0.2) is 0 Å². The molecule has 0 aliphatic heterocycles. The average molecular weight is 231 g/mol. The molecular formula is C11H19ClN2O. The van der Waals surface area contributed by atoms with Crippen LogP contribution in [0.3, 0.4) is 0 Å². The van der Waals surface area contributed by atoms with Gasteiger partial charge in [0.15, 0.2) is 0 Å². The fourth-order valence-electron chi connectivity index (χ4n) is 1.58. The van der Waals surface area contributed by atoms with E-state index in [1.165, 1.54) is 0 Å². The van der Waals surface area contributed by atoms with Crippen molar-refractivity contribution in [3.63, 3.8) is 0 Å². The highest BCUT2D eigenvalue weighted by Crippen LogP contribution is 2.21. The number of rotatable bonds is 4. The maximum Gasteiger partial charge on any atom is 0.130 e. The Hall–Kier alpha value is -0.540. The van der Waals surface area contributed by atoms with Crippen LogP contribution in [0.1, 0.15) is 31.5 Å². The first-order chi connectivity index (χ1) is 6.93. The molecule has 1 unspecified atom stereocenters. The Morgan fingerprint density at radius 2 is 2.07 bits per heavy atom. The Morgan fingerprint density at radius 3 is 2.47 bits per heavy atom. The lowest BCUT2D eigenvalue weighted by molar-refractivity contribution is 0.116. The van der Waals surface area contributed by atoms with Crippen LogP contribution < -0.4 is 0 Å². The highest BCUT2D eigenvalue weighted by Gasteiger charge is 2.14. The second-order valence-corrected chi connectivity index (χ2v) is 4.69. The number of hydrogen-bond donors (Lipinski definition) is 1. The Morgan fingerprint density at radius 1 is 1.47 bits per heavy atom. The molecule has 1 N–H and O–H groups in total. The van der Waals surface area contributed by atoms with E-state index in [1.807, 2.05) is 27.8 Å². The fourth-order valence-corrected chi connectivity index (χ4v) is 1.85. The van der Waals surface area contributed by atoms with Crippen molar-refractivity contribution < 1.29 is 5.11 Å². The summed E-state index contributed by atoms with van der Waals surface area (Å²) in [5.41, 5.74) is 2.01. The third kappa shape index (κ3) is 2.95. The zero-order chi connectivity index (χ0) is 11.6. The van der Waals surface area contributed by atoms with E-state index in [4.69, 9.17) is 11.6 Å². The average Bonchev–Trinajstić information content (AvgIpc) is 2.38. The Kier molecular flexibility index (Phi) is 4.17. The standard InChI is InChI=1S/C11H19ClN2O/c1-7(2)10(15)6-5-9-8(3)13-14(4)11(9)12/h7,10,15H,5-6H2,1-4H3. The number of aryl methyl sites for hydroxylation is 2. The number of hydrogen-bond acceptors (Lipinski definition) is 2. The van der Waals surface area contributed by atoms with Crippen LogP contribution in [0, 0.1) is 12.8 Å². The summed E-state index contributed by atoms with van der Waals surface area (Å²) in [4.78, 5) is 0. The number of aliphatic hydroxyl groups excluding tert-OH is 1. The van der Waals surface area contributed by atoms with E-state index in [-0.39, 0.29) is 6.10 Å². The van der Waals surface area contributed by atoms with Crippen molar-refractivity contribution >= 4 is 11.6 Å². The lowest BCUT2D eigenvalue weighted by Crippen LogP contribution is -2.15. The van der Waals surface area contributed by atoms with Gasteiger partial charge in [0.25, 0.3) is 0 Å². The zero-order valence-corrected chi connectivity index (χ0v) is 10.5. The molecule has 1 rings (SSSR count). The summed E-state index contributed by atoms with van der Waals surface area (Å²) in [7, 11) is 1.83. The molecule has 0 amide bonds. The molecule has 1 aromatic heterocycles. The lowest BCUT2D eigenvalue weighted by Gasteiger charge is -2.13. The molecule has 1 atom stereocenters. The molecule has 0 aliphatic rings. The first-order valence-electron chi connectivity index (χ1n) is 5.29. The second kappa shape index (κ2) is 4.99. The highest BCUT2D eigenvalue weighted by molar-refractivity contribution is 6.30.